The van der Waals surface area contributed by atoms with Gasteiger partial charge in [-0.3, -0.25) is 4.79 Å². The van der Waals surface area contributed by atoms with Gasteiger partial charge in [0.15, 0.2) is 17.3 Å². The van der Waals surface area contributed by atoms with Gasteiger partial charge in [0.05, 0.1) is 34.1 Å². The first-order valence-electron chi connectivity index (χ1n) is 8.49. The molecule has 0 radical (unpaired) electrons. The Morgan fingerprint density at radius 1 is 0.821 bits per heavy atom. The van der Waals surface area contributed by atoms with E-state index in [1.165, 1.54) is 21.3 Å². The highest BCUT2D eigenvalue weighted by Gasteiger charge is 2.19. The van der Waals surface area contributed by atoms with Crippen molar-refractivity contribution < 1.29 is 23.7 Å². The van der Waals surface area contributed by atoms with Crippen LogP contribution < -0.4 is 24.7 Å². The minimum absolute atomic E-state index is 0.167. The van der Waals surface area contributed by atoms with Gasteiger partial charge in [0.2, 0.25) is 5.75 Å². The van der Waals surface area contributed by atoms with E-state index in [1.807, 2.05) is 10.6 Å². The molecular formula is C21H22N2O5. The van der Waals surface area contributed by atoms with Crippen LogP contribution in [0, 0.1) is 0 Å². The Hall–Kier alpha value is -3.61. The zero-order chi connectivity index (χ0) is 20.3. The molecule has 28 heavy (non-hydrogen) atoms. The molecule has 1 heterocycles. The van der Waals surface area contributed by atoms with Crippen LogP contribution in [0.3, 0.4) is 0 Å². The summed E-state index contributed by atoms with van der Waals surface area (Å²) in [6.45, 7) is 0. The second-order valence-electron chi connectivity index (χ2n) is 5.98. The summed E-state index contributed by atoms with van der Waals surface area (Å²) < 4.78 is 23.0. The van der Waals surface area contributed by atoms with Gasteiger partial charge in [-0.25, -0.2) is 0 Å². The third-order valence-electron chi connectivity index (χ3n) is 4.39. The molecule has 0 bridgehead atoms. The standard InChI is InChI=1S/C21H22N2O5/c1-25-17-6-5-15(11-16(17)22)23-8-7-13(12-23)20(24)14-9-18(26-2)21(28-4)19(10-14)27-3/h5-12H,22H2,1-4H3. The van der Waals surface area contributed by atoms with E-state index < -0.39 is 0 Å². The smallest absolute Gasteiger partial charge is 0.203 e. The van der Waals surface area contributed by atoms with Crippen molar-refractivity contribution in [3.05, 3.63) is 59.9 Å². The van der Waals surface area contributed by atoms with E-state index in [1.54, 1.807) is 49.8 Å². The topological polar surface area (TPSA) is 84.9 Å². The second kappa shape index (κ2) is 7.96. The molecule has 2 aromatic carbocycles. The van der Waals surface area contributed by atoms with Gasteiger partial charge in [0.1, 0.15) is 5.75 Å². The van der Waals surface area contributed by atoms with Crippen molar-refractivity contribution in [1.82, 2.24) is 4.57 Å². The molecule has 2 N–H and O–H groups in total. The molecule has 0 aliphatic rings. The number of anilines is 1. The van der Waals surface area contributed by atoms with Crippen LogP contribution in [0.5, 0.6) is 23.0 Å². The van der Waals surface area contributed by atoms with Crippen molar-refractivity contribution >= 4 is 11.5 Å². The third kappa shape index (κ3) is 3.46. The van der Waals surface area contributed by atoms with Crippen LogP contribution in [0.1, 0.15) is 15.9 Å². The van der Waals surface area contributed by atoms with Gasteiger partial charge >= 0.3 is 0 Å². The summed E-state index contributed by atoms with van der Waals surface area (Å²) in [5.41, 5.74) is 8.26. The van der Waals surface area contributed by atoms with Crippen LogP contribution in [-0.4, -0.2) is 38.8 Å². The number of nitrogens with zero attached hydrogens (tertiary/aromatic N) is 1. The molecule has 0 amide bonds. The lowest BCUT2D eigenvalue weighted by atomic mass is 10.0. The molecule has 0 saturated carbocycles. The molecule has 0 spiro atoms. The van der Waals surface area contributed by atoms with Crippen molar-refractivity contribution in [2.24, 2.45) is 0 Å². The van der Waals surface area contributed by atoms with Crippen LogP contribution in [-0.2, 0) is 0 Å². The average Bonchev–Trinajstić information content (AvgIpc) is 3.22. The van der Waals surface area contributed by atoms with Crippen molar-refractivity contribution in [3.63, 3.8) is 0 Å². The maximum atomic E-state index is 13.0. The predicted molar refractivity (Wildman–Crippen MR) is 106 cm³/mol. The quantitative estimate of drug-likeness (QED) is 0.498. The van der Waals surface area contributed by atoms with E-state index in [2.05, 4.69) is 0 Å². The summed E-state index contributed by atoms with van der Waals surface area (Å²) in [6.07, 6.45) is 3.54. The molecule has 146 valence electrons. The molecule has 0 atom stereocenters. The van der Waals surface area contributed by atoms with Gasteiger partial charge in [-0.2, -0.15) is 0 Å². The number of aromatic nitrogens is 1. The lowest BCUT2D eigenvalue weighted by molar-refractivity contribution is 0.103. The van der Waals surface area contributed by atoms with E-state index in [4.69, 9.17) is 24.7 Å². The van der Waals surface area contributed by atoms with Crippen molar-refractivity contribution in [1.29, 1.82) is 0 Å². The monoisotopic (exact) mass is 382 g/mol. The number of hydrogen-bond acceptors (Lipinski definition) is 6. The molecule has 7 nitrogen and oxygen atoms in total. The zero-order valence-corrected chi connectivity index (χ0v) is 16.2. The summed E-state index contributed by atoms with van der Waals surface area (Å²) in [4.78, 5) is 13.0. The Labute approximate surface area is 163 Å². The van der Waals surface area contributed by atoms with Crippen molar-refractivity contribution in [2.75, 3.05) is 34.2 Å². The van der Waals surface area contributed by atoms with E-state index in [-0.39, 0.29) is 5.78 Å². The molecule has 0 aliphatic heterocycles. The minimum atomic E-state index is -0.167. The lowest BCUT2D eigenvalue weighted by Gasteiger charge is -2.13. The second-order valence-corrected chi connectivity index (χ2v) is 5.98. The Kier molecular flexibility index (Phi) is 5.44. The van der Waals surface area contributed by atoms with Gasteiger partial charge in [0.25, 0.3) is 0 Å². The number of hydrogen-bond donors (Lipinski definition) is 1. The van der Waals surface area contributed by atoms with Crippen LogP contribution in [0.4, 0.5) is 5.69 Å². The molecule has 0 fully saturated rings. The molecule has 0 unspecified atom stereocenters. The van der Waals surface area contributed by atoms with Crippen molar-refractivity contribution in [3.8, 4) is 28.7 Å². The number of rotatable bonds is 7. The van der Waals surface area contributed by atoms with Gasteiger partial charge in [-0.1, -0.05) is 0 Å². The van der Waals surface area contributed by atoms with Crippen LogP contribution in [0.25, 0.3) is 5.69 Å². The highest BCUT2D eigenvalue weighted by molar-refractivity contribution is 6.09. The van der Waals surface area contributed by atoms with Gasteiger partial charge in [0, 0.05) is 29.2 Å². The zero-order valence-electron chi connectivity index (χ0n) is 16.2. The minimum Gasteiger partial charge on any atom is -0.495 e. The van der Waals surface area contributed by atoms with Crippen molar-refractivity contribution in [2.45, 2.75) is 0 Å². The first-order valence-corrected chi connectivity index (χ1v) is 8.49. The number of ketones is 1. The summed E-state index contributed by atoms with van der Waals surface area (Å²) in [6, 6.07) is 10.4. The number of benzene rings is 2. The maximum Gasteiger partial charge on any atom is 0.203 e. The Morgan fingerprint density at radius 3 is 2.00 bits per heavy atom. The SMILES string of the molecule is COc1ccc(-n2ccc(C(=O)c3cc(OC)c(OC)c(OC)c3)c2)cc1N. The summed E-state index contributed by atoms with van der Waals surface area (Å²) in [7, 11) is 6.10. The molecular weight excluding hydrogens is 360 g/mol. The van der Waals surface area contributed by atoms with Crippen LogP contribution in [0.2, 0.25) is 0 Å². The molecule has 7 heteroatoms. The van der Waals surface area contributed by atoms with Gasteiger partial charge in [-0.05, 0) is 36.4 Å². The number of carbonyl (C=O) groups is 1. The van der Waals surface area contributed by atoms with E-state index in [0.29, 0.717) is 39.8 Å². The van der Waals surface area contributed by atoms with Gasteiger partial charge < -0.3 is 29.2 Å². The molecule has 0 aliphatic carbocycles. The highest BCUT2D eigenvalue weighted by atomic mass is 16.5. The first kappa shape index (κ1) is 19.2. The number of nitrogens with two attached hydrogens (primary N) is 1. The fourth-order valence-electron chi connectivity index (χ4n) is 2.95. The number of carbonyl (C=O) groups excluding carboxylic acids is 1. The largest absolute Gasteiger partial charge is 0.495 e. The Balaban J connectivity index is 1.95. The fraction of sp³-hybridized carbons (Fsp3) is 0.190. The summed E-state index contributed by atoms with van der Waals surface area (Å²) in [5.74, 6) is 1.72. The van der Waals surface area contributed by atoms with Crippen LogP contribution in [0.15, 0.2) is 48.8 Å². The predicted octanol–water partition coefficient (Wildman–Crippen LogP) is 3.32. The Morgan fingerprint density at radius 2 is 1.46 bits per heavy atom. The molecule has 3 aromatic rings. The summed E-state index contributed by atoms with van der Waals surface area (Å²) >= 11 is 0. The molecule has 1 aromatic heterocycles. The van der Waals surface area contributed by atoms with E-state index in [0.717, 1.165) is 5.69 Å². The van der Waals surface area contributed by atoms with Crippen LogP contribution >= 0.6 is 0 Å². The van der Waals surface area contributed by atoms with E-state index >= 15 is 0 Å². The lowest BCUT2D eigenvalue weighted by Crippen LogP contribution is -2.03. The average molecular weight is 382 g/mol. The fourth-order valence-corrected chi connectivity index (χ4v) is 2.95. The number of ether oxygens (including phenoxy) is 4. The molecule has 0 saturated heterocycles. The summed E-state index contributed by atoms with van der Waals surface area (Å²) in [5, 5.41) is 0. The first-order chi connectivity index (χ1) is 13.5. The Bertz CT molecular complexity index is 985. The maximum absolute atomic E-state index is 13.0. The number of nitrogen functional groups attached to an aromatic ring is 1. The van der Waals surface area contributed by atoms with Gasteiger partial charge in [-0.15, -0.1) is 0 Å². The van der Waals surface area contributed by atoms with E-state index in [9.17, 15) is 4.79 Å². The molecule has 3 rings (SSSR count). The third-order valence-corrected chi connectivity index (χ3v) is 4.39. The number of methoxy groups -OCH3 is 4. The normalized spacial score (nSPS) is 10.4. The highest BCUT2D eigenvalue weighted by Crippen LogP contribution is 2.38.